The summed E-state index contributed by atoms with van der Waals surface area (Å²) in [5.74, 6) is -1.02. The first kappa shape index (κ1) is 20.5. The second-order valence-electron chi connectivity index (χ2n) is 6.64. The molecule has 1 N–H and O–H groups in total. The summed E-state index contributed by atoms with van der Waals surface area (Å²) in [5.41, 5.74) is 1.14. The number of hydrogen-bond acceptors (Lipinski definition) is 5. The first-order chi connectivity index (χ1) is 13.0. The van der Waals surface area contributed by atoms with Gasteiger partial charge in [-0.15, -0.1) is 0 Å². The number of esters is 1. The first-order valence-corrected chi connectivity index (χ1v) is 9.27. The molecule has 0 unspecified atom stereocenters. The Morgan fingerprint density at radius 1 is 0.926 bits per heavy atom. The smallest absolute Gasteiger partial charge is 0.338 e. The van der Waals surface area contributed by atoms with Crippen LogP contribution in [-0.4, -0.2) is 37.6 Å². The molecule has 2 rings (SSSR count). The van der Waals surface area contributed by atoms with Crippen molar-refractivity contribution in [3.63, 3.8) is 0 Å². The van der Waals surface area contributed by atoms with Crippen molar-refractivity contribution in [2.75, 3.05) is 25.6 Å². The van der Waals surface area contributed by atoms with Gasteiger partial charge in [0, 0.05) is 19.7 Å². The number of benzene rings is 2. The highest BCUT2D eigenvalue weighted by molar-refractivity contribution is 6.16. The predicted octanol–water partition coefficient (Wildman–Crippen LogP) is 4.43. The molecule has 5 heteroatoms. The maximum atomic E-state index is 13.0. The van der Waals surface area contributed by atoms with Gasteiger partial charge in [-0.2, -0.15) is 0 Å². The van der Waals surface area contributed by atoms with Crippen LogP contribution in [0, 0.1) is 0 Å². The molecule has 144 valence electrons. The highest BCUT2D eigenvalue weighted by Crippen LogP contribution is 2.31. The molecule has 0 aliphatic carbocycles. The van der Waals surface area contributed by atoms with Crippen LogP contribution >= 0.6 is 0 Å². The van der Waals surface area contributed by atoms with Gasteiger partial charge in [-0.1, -0.05) is 50.5 Å². The van der Waals surface area contributed by atoms with E-state index >= 15 is 0 Å². The number of phenols is 1. The number of phenolic OH excluding ortho intramolecular Hbond substituents is 1. The Morgan fingerprint density at radius 2 is 1.59 bits per heavy atom. The van der Waals surface area contributed by atoms with Crippen LogP contribution in [0.1, 0.15) is 58.9 Å². The molecule has 0 spiro atoms. The van der Waals surface area contributed by atoms with Gasteiger partial charge in [-0.25, -0.2) is 4.79 Å². The van der Waals surface area contributed by atoms with Crippen molar-refractivity contribution >= 4 is 17.4 Å². The third-order valence-electron chi connectivity index (χ3n) is 4.36. The number of hydrogen-bond donors (Lipinski definition) is 1. The van der Waals surface area contributed by atoms with Crippen LogP contribution in [0.4, 0.5) is 5.69 Å². The quantitative estimate of drug-likeness (QED) is 0.402. The summed E-state index contributed by atoms with van der Waals surface area (Å²) in [4.78, 5) is 27.2. The zero-order valence-corrected chi connectivity index (χ0v) is 16.2. The van der Waals surface area contributed by atoms with E-state index in [9.17, 15) is 14.7 Å². The molecular formula is C22H27NO4. The van der Waals surface area contributed by atoms with Gasteiger partial charge in [0.15, 0.2) is 5.78 Å². The topological polar surface area (TPSA) is 66.8 Å². The van der Waals surface area contributed by atoms with Gasteiger partial charge in [0.1, 0.15) is 5.75 Å². The zero-order valence-electron chi connectivity index (χ0n) is 16.2. The van der Waals surface area contributed by atoms with Crippen LogP contribution in [0.3, 0.4) is 0 Å². The number of para-hydroxylation sites is 1. The van der Waals surface area contributed by atoms with E-state index in [1.165, 1.54) is 0 Å². The van der Waals surface area contributed by atoms with E-state index in [-0.39, 0.29) is 22.4 Å². The minimum absolute atomic E-state index is 0.102. The van der Waals surface area contributed by atoms with Crippen LogP contribution in [0.25, 0.3) is 0 Å². The molecule has 5 nitrogen and oxygen atoms in total. The summed E-state index contributed by atoms with van der Waals surface area (Å²) in [6.45, 7) is 2.46. The summed E-state index contributed by atoms with van der Waals surface area (Å²) in [5, 5.41) is 10.5. The number of unbranched alkanes of at least 4 members (excludes halogenated alkanes) is 3. The number of carbonyl (C=O) groups excluding carboxylic acids is 2. The molecule has 0 aliphatic rings. The largest absolute Gasteiger partial charge is 0.505 e. The lowest BCUT2D eigenvalue weighted by atomic mass is 9.97. The molecule has 0 saturated carbocycles. The lowest BCUT2D eigenvalue weighted by Crippen LogP contribution is -2.14. The number of ketones is 1. The Kier molecular flexibility index (Phi) is 7.41. The number of nitrogens with zero attached hydrogens (tertiary/aromatic N) is 1. The molecule has 27 heavy (non-hydrogen) atoms. The van der Waals surface area contributed by atoms with Crippen molar-refractivity contribution in [3.8, 4) is 5.75 Å². The maximum Gasteiger partial charge on any atom is 0.338 e. The fourth-order valence-corrected chi connectivity index (χ4v) is 2.85. The lowest BCUT2D eigenvalue weighted by Gasteiger charge is -2.16. The summed E-state index contributed by atoms with van der Waals surface area (Å²) in [6, 6.07) is 11.5. The maximum absolute atomic E-state index is 13.0. The van der Waals surface area contributed by atoms with E-state index in [0.29, 0.717) is 12.3 Å². The van der Waals surface area contributed by atoms with Gasteiger partial charge in [-0.3, -0.25) is 4.79 Å². The Bertz CT molecular complexity index is 799. The fraction of sp³-hybridized carbons (Fsp3) is 0.364. The van der Waals surface area contributed by atoms with Crippen LogP contribution in [0.2, 0.25) is 0 Å². The van der Waals surface area contributed by atoms with Crippen LogP contribution in [-0.2, 0) is 4.74 Å². The molecule has 0 bridgehead atoms. The molecular weight excluding hydrogens is 342 g/mol. The van der Waals surface area contributed by atoms with E-state index in [0.717, 1.165) is 25.7 Å². The second-order valence-corrected chi connectivity index (χ2v) is 6.64. The monoisotopic (exact) mass is 369 g/mol. The molecule has 0 heterocycles. The Hall–Kier alpha value is -2.82. The fourth-order valence-electron chi connectivity index (χ4n) is 2.85. The zero-order chi connectivity index (χ0) is 19.8. The predicted molar refractivity (Wildman–Crippen MR) is 107 cm³/mol. The van der Waals surface area contributed by atoms with Crippen molar-refractivity contribution < 1.29 is 19.4 Å². The van der Waals surface area contributed by atoms with E-state index in [1.54, 1.807) is 61.5 Å². The average molecular weight is 369 g/mol. The van der Waals surface area contributed by atoms with Crippen LogP contribution < -0.4 is 4.90 Å². The molecule has 0 atom stereocenters. The van der Waals surface area contributed by atoms with Crippen LogP contribution in [0.5, 0.6) is 5.75 Å². The SMILES string of the molecule is CCCCCCOC(=O)c1ccccc1C(=O)c1cccc(N(C)C)c1O. The van der Waals surface area contributed by atoms with E-state index < -0.39 is 11.8 Å². The Labute approximate surface area is 160 Å². The van der Waals surface area contributed by atoms with Crippen molar-refractivity contribution in [2.45, 2.75) is 32.6 Å². The molecule has 0 radical (unpaired) electrons. The normalized spacial score (nSPS) is 10.5. The minimum atomic E-state index is -0.515. The van der Waals surface area contributed by atoms with Gasteiger partial charge in [0.05, 0.1) is 23.4 Å². The summed E-state index contributed by atoms with van der Waals surface area (Å²) in [7, 11) is 3.57. The van der Waals surface area contributed by atoms with Crippen molar-refractivity contribution in [3.05, 3.63) is 59.2 Å². The van der Waals surface area contributed by atoms with E-state index in [2.05, 4.69) is 6.92 Å². The second kappa shape index (κ2) is 9.76. The summed E-state index contributed by atoms with van der Waals surface area (Å²) in [6.07, 6.45) is 4.03. The van der Waals surface area contributed by atoms with Gasteiger partial charge < -0.3 is 14.7 Å². The number of ether oxygens (including phenoxy) is 1. The van der Waals surface area contributed by atoms with Gasteiger partial charge in [0.2, 0.25) is 0 Å². The Morgan fingerprint density at radius 3 is 2.26 bits per heavy atom. The average Bonchev–Trinajstić information content (AvgIpc) is 2.67. The number of rotatable bonds is 9. The Balaban J connectivity index is 2.24. The lowest BCUT2D eigenvalue weighted by molar-refractivity contribution is 0.0495. The van der Waals surface area contributed by atoms with Crippen molar-refractivity contribution in [1.82, 2.24) is 0 Å². The molecule has 0 amide bonds. The number of aromatic hydroxyl groups is 1. The first-order valence-electron chi connectivity index (χ1n) is 9.27. The number of carbonyl (C=O) groups is 2. The van der Waals surface area contributed by atoms with E-state index in [1.807, 2.05) is 0 Å². The summed E-state index contributed by atoms with van der Waals surface area (Å²) >= 11 is 0. The molecule has 0 fully saturated rings. The molecule has 2 aromatic rings. The highest BCUT2D eigenvalue weighted by Gasteiger charge is 2.22. The molecule has 2 aromatic carbocycles. The highest BCUT2D eigenvalue weighted by atomic mass is 16.5. The standard InChI is InChI=1S/C22H27NO4/c1-4-5-6-9-15-27-22(26)17-12-8-7-11-16(17)20(24)18-13-10-14-19(21(18)25)23(2)3/h7-8,10-14,25H,4-6,9,15H2,1-3H3. The minimum Gasteiger partial charge on any atom is -0.505 e. The number of anilines is 1. The van der Waals surface area contributed by atoms with Crippen LogP contribution in [0.15, 0.2) is 42.5 Å². The molecule has 0 saturated heterocycles. The molecule has 0 aromatic heterocycles. The van der Waals surface area contributed by atoms with Crippen molar-refractivity contribution in [1.29, 1.82) is 0 Å². The van der Waals surface area contributed by atoms with E-state index in [4.69, 9.17) is 4.74 Å². The van der Waals surface area contributed by atoms with Gasteiger partial charge in [-0.05, 0) is 24.6 Å². The van der Waals surface area contributed by atoms with Gasteiger partial charge >= 0.3 is 5.97 Å². The van der Waals surface area contributed by atoms with Crippen molar-refractivity contribution in [2.24, 2.45) is 0 Å². The third-order valence-corrected chi connectivity index (χ3v) is 4.36. The summed E-state index contributed by atoms with van der Waals surface area (Å²) < 4.78 is 5.33. The van der Waals surface area contributed by atoms with Gasteiger partial charge in [0.25, 0.3) is 0 Å². The third kappa shape index (κ3) is 5.09. The molecule has 0 aliphatic heterocycles.